The van der Waals surface area contributed by atoms with Crippen LogP contribution < -0.4 is 0 Å². The van der Waals surface area contributed by atoms with E-state index in [-0.39, 0.29) is 19.1 Å². The number of nitrogens with one attached hydrogen (secondary N) is 1. The molecule has 0 aliphatic rings. The molecule has 22 heavy (non-hydrogen) atoms. The Labute approximate surface area is 128 Å². The maximum absolute atomic E-state index is 12.8. The molecule has 0 unspecified atom stereocenters. The number of rotatable bonds is 5. The van der Waals surface area contributed by atoms with Crippen LogP contribution in [0, 0.1) is 0 Å². The van der Waals surface area contributed by atoms with Gasteiger partial charge in [-0.25, -0.2) is 0 Å². The maximum Gasteiger partial charge on any atom is 0.256 e. The monoisotopic (exact) mass is 295 g/mol. The van der Waals surface area contributed by atoms with Crippen LogP contribution in [0.15, 0.2) is 55.0 Å². The van der Waals surface area contributed by atoms with Crippen LogP contribution in [0.4, 0.5) is 0 Å². The summed E-state index contributed by atoms with van der Waals surface area (Å²) in [4.78, 5) is 21.6. The molecule has 0 spiro atoms. The van der Waals surface area contributed by atoms with Crippen LogP contribution in [-0.4, -0.2) is 39.0 Å². The number of nitrogens with zero attached hydrogens (tertiary/aromatic N) is 2. The molecule has 0 saturated carbocycles. The zero-order chi connectivity index (χ0) is 15.4. The van der Waals surface area contributed by atoms with Gasteiger partial charge in [-0.1, -0.05) is 18.2 Å². The molecule has 0 aliphatic heterocycles. The van der Waals surface area contributed by atoms with Crippen LogP contribution in [0.3, 0.4) is 0 Å². The van der Waals surface area contributed by atoms with Crippen LogP contribution in [-0.2, 0) is 6.54 Å². The number of hydrogen-bond acceptors (Lipinski definition) is 3. The van der Waals surface area contributed by atoms with Crippen LogP contribution in [0.25, 0.3) is 10.9 Å². The molecule has 1 aromatic carbocycles. The molecule has 2 aromatic heterocycles. The standard InChI is InChI=1S/C17H17N3O2/c21-10-9-20(12-13-3-2-7-18-11-13)17(22)15-5-1-4-14-6-8-19-16(14)15/h1-8,11,19,21H,9-10,12H2. The molecule has 2 N–H and O–H groups in total. The van der Waals surface area contributed by atoms with Gasteiger partial charge in [0.1, 0.15) is 0 Å². The lowest BCUT2D eigenvalue weighted by Crippen LogP contribution is -2.33. The first-order valence-corrected chi connectivity index (χ1v) is 7.15. The fourth-order valence-electron chi connectivity index (χ4n) is 2.52. The third-order valence-corrected chi connectivity index (χ3v) is 3.57. The van der Waals surface area contributed by atoms with Gasteiger partial charge < -0.3 is 15.0 Å². The molecule has 0 aliphatic carbocycles. The topological polar surface area (TPSA) is 69.2 Å². The quantitative estimate of drug-likeness (QED) is 0.758. The Bertz CT molecular complexity index is 768. The number of H-pyrrole nitrogens is 1. The molecule has 3 rings (SSSR count). The van der Waals surface area contributed by atoms with Crippen LogP contribution in [0.5, 0.6) is 0 Å². The Morgan fingerprint density at radius 2 is 2.14 bits per heavy atom. The van der Waals surface area contributed by atoms with Crippen LogP contribution in [0.1, 0.15) is 15.9 Å². The van der Waals surface area contributed by atoms with Gasteiger partial charge in [0.05, 0.1) is 17.7 Å². The number of aromatic nitrogens is 2. The number of benzene rings is 1. The van der Waals surface area contributed by atoms with E-state index in [1.165, 1.54) is 0 Å². The minimum Gasteiger partial charge on any atom is -0.395 e. The molecular weight excluding hydrogens is 278 g/mol. The van der Waals surface area contributed by atoms with Gasteiger partial charge in [-0.15, -0.1) is 0 Å². The third-order valence-electron chi connectivity index (χ3n) is 3.57. The van der Waals surface area contributed by atoms with Crippen molar-refractivity contribution in [3.8, 4) is 0 Å². The predicted molar refractivity (Wildman–Crippen MR) is 84.4 cm³/mol. The second kappa shape index (κ2) is 6.41. The minimum absolute atomic E-state index is 0.0767. The molecule has 0 saturated heterocycles. The van der Waals surface area contributed by atoms with Crippen molar-refractivity contribution in [3.05, 3.63) is 66.1 Å². The van der Waals surface area contributed by atoms with E-state index in [4.69, 9.17) is 0 Å². The second-order valence-electron chi connectivity index (χ2n) is 5.06. The van der Waals surface area contributed by atoms with E-state index in [0.29, 0.717) is 12.1 Å². The number of aliphatic hydroxyl groups excluding tert-OH is 1. The fourth-order valence-corrected chi connectivity index (χ4v) is 2.52. The van der Waals surface area contributed by atoms with Gasteiger partial charge >= 0.3 is 0 Å². The predicted octanol–water partition coefficient (Wildman–Crippen LogP) is 2.20. The van der Waals surface area contributed by atoms with Gasteiger partial charge in [-0.05, 0) is 23.8 Å². The Hall–Kier alpha value is -2.66. The highest BCUT2D eigenvalue weighted by molar-refractivity contribution is 6.05. The zero-order valence-electron chi connectivity index (χ0n) is 12.1. The average Bonchev–Trinajstić information content (AvgIpc) is 3.03. The van der Waals surface area contributed by atoms with E-state index in [1.54, 1.807) is 23.4 Å². The molecule has 3 aromatic rings. The van der Waals surface area contributed by atoms with E-state index < -0.39 is 0 Å². The molecule has 5 heteroatoms. The number of pyridine rings is 1. The molecule has 0 bridgehead atoms. The molecule has 0 atom stereocenters. The highest BCUT2D eigenvalue weighted by atomic mass is 16.3. The summed E-state index contributed by atoms with van der Waals surface area (Å²) in [7, 11) is 0. The lowest BCUT2D eigenvalue weighted by molar-refractivity contribution is 0.0709. The lowest BCUT2D eigenvalue weighted by Gasteiger charge is -2.22. The van der Waals surface area contributed by atoms with Crippen molar-refractivity contribution in [1.82, 2.24) is 14.9 Å². The van der Waals surface area contributed by atoms with Crippen LogP contribution in [0.2, 0.25) is 0 Å². The first-order chi connectivity index (χ1) is 10.8. The smallest absolute Gasteiger partial charge is 0.256 e. The Morgan fingerprint density at radius 3 is 2.91 bits per heavy atom. The van der Waals surface area contributed by atoms with Crippen molar-refractivity contribution >= 4 is 16.8 Å². The lowest BCUT2D eigenvalue weighted by atomic mass is 10.1. The van der Waals surface area contributed by atoms with Crippen LogP contribution >= 0.6 is 0 Å². The molecule has 5 nitrogen and oxygen atoms in total. The summed E-state index contributed by atoms with van der Waals surface area (Å²) in [6.45, 7) is 0.627. The summed E-state index contributed by atoms with van der Waals surface area (Å²) in [5, 5.41) is 10.3. The summed E-state index contributed by atoms with van der Waals surface area (Å²) in [6, 6.07) is 11.3. The number of hydrogen-bond donors (Lipinski definition) is 2. The minimum atomic E-state index is -0.106. The third kappa shape index (κ3) is 2.84. The normalized spacial score (nSPS) is 10.8. The molecule has 2 heterocycles. The summed E-state index contributed by atoms with van der Waals surface area (Å²) in [5.41, 5.74) is 2.37. The Kier molecular flexibility index (Phi) is 4.16. The largest absolute Gasteiger partial charge is 0.395 e. The van der Waals surface area contributed by atoms with Gasteiger partial charge in [0, 0.05) is 37.1 Å². The Morgan fingerprint density at radius 1 is 1.23 bits per heavy atom. The summed E-state index contributed by atoms with van der Waals surface area (Å²) in [6.07, 6.45) is 5.24. The van der Waals surface area contributed by atoms with Gasteiger partial charge in [-0.2, -0.15) is 0 Å². The molecule has 1 amide bonds. The first-order valence-electron chi connectivity index (χ1n) is 7.15. The Balaban J connectivity index is 1.91. The maximum atomic E-state index is 12.8. The van der Waals surface area contributed by atoms with Gasteiger partial charge in [0.15, 0.2) is 0 Å². The number of aromatic amines is 1. The van der Waals surface area contributed by atoms with E-state index in [2.05, 4.69) is 9.97 Å². The molecular formula is C17H17N3O2. The van der Waals surface area contributed by atoms with Crippen molar-refractivity contribution in [2.24, 2.45) is 0 Å². The van der Waals surface area contributed by atoms with Crippen molar-refractivity contribution in [1.29, 1.82) is 0 Å². The number of aliphatic hydroxyl groups is 1. The zero-order valence-corrected chi connectivity index (χ0v) is 12.1. The van der Waals surface area contributed by atoms with Crippen molar-refractivity contribution < 1.29 is 9.90 Å². The summed E-state index contributed by atoms with van der Waals surface area (Å²) in [5.74, 6) is -0.106. The van der Waals surface area contributed by atoms with Gasteiger partial charge in [-0.3, -0.25) is 9.78 Å². The number of para-hydroxylation sites is 1. The molecule has 0 fully saturated rings. The average molecular weight is 295 g/mol. The van der Waals surface area contributed by atoms with E-state index in [1.807, 2.05) is 36.5 Å². The van der Waals surface area contributed by atoms with E-state index in [0.717, 1.165) is 16.5 Å². The first kappa shape index (κ1) is 14.3. The summed E-state index contributed by atoms with van der Waals surface area (Å²) < 4.78 is 0. The SMILES string of the molecule is O=C(c1cccc2cc[nH]c12)N(CCO)Cc1cccnc1. The number of amides is 1. The van der Waals surface area contributed by atoms with Crippen molar-refractivity contribution in [2.75, 3.05) is 13.2 Å². The van der Waals surface area contributed by atoms with E-state index in [9.17, 15) is 9.90 Å². The van der Waals surface area contributed by atoms with Crippen molar-refractivity contribution in [2.45, 2.75) is 6.54 Å². The van der Waals surface area contributed by atoms with E-state index >= 15 is 0 Å². The van der Waals surface area contributed by atoms with Gasteiger partial charge in [0.25, 0.3) is 5.91 Å². The number of carbonyl (C=O) groups is 1. The molecule has 0 radical (unpaired) electrons. The second-order valence-corrected chi connectivity index (χ2v) is 5.06. The number of carbonyl (C=O) groups excluding carboxylic acids is 1. The molecule has 112 valence electrons. The number of fused-ring (bicyclic) bond motifs is 1. The van der Waals surface area contributed by atoms with Crippen molar-refractivity contribution in [3.63, 3.8) is 0 Å². The van der Waals surface area contributed by atoms with Gasteiger partial charge in [0.2, 0.25) is 0 Å². The highest BCUT2D eigenvalue weighted by Gasteiger charge is 2.18. The summed E-state index contributed by atoms with van der Waals surface area (Å²) >= 11 is 0. The highest BCUT2D eigenvalue weighted by Crippen LogP contribution is 2.19. The fraction of sp³-hybridized carbons (Fsp3) is 0.176.